The standard InChI is InChI=1S/C16H23NO2/c1-16(2)10-11-17(12-14(16)18)15(19)9-8-13-6-4-3-5-7-13/h3-7,14,18H,8-12H2,1-2H3. The van der Waals surface area contributed by atoms with E-state index in [0.717, 1.165) is 19.4 Å². The smallest absolute Gasteiger partial charge is 0.222 e. The van der Waals surface area contributed by atoms with Gasteiger partial charge in [-0.2, -0.15) is 0 Å². The lowest BCUT2D eigenvalue weighted by molar-refractivity contribution is -0.137. The van der Waals surface area contributed by atoms with E-state index in [9.17, 15) is 9.90 Å². The molecule has 1 saturated heterocycles. The first-order chi connectivity index (χ1) is 8.99. The number of hydrogen-bond acceptors (Lipinski definition) is 2. The Bertz CT molecular complexity index is 428. The van der Waals surface area contributed by atoms with Crippen LogP contribution < -0.4 is 0 Å². The van der Waals surface area contributed by atoms with Gasteiger partial charge in [-0.3, -0.25) is 4.79 Å². The molecule has 1 fully saturated rings. The number of aliphatic hydroxyl groups is 1. The number of piperidine rings is 1. The fourth-order valence-electron chi connectivity index (χ4n) is 2.42. The van der Waals surface area contributed by atoms with Crippen LogP contribution in [-0.2, 0) is 11.2 Å². The summed E-state index contributed by atoms with van der Waals surface area (Å²) < 4.78 is 0. The zero-order valence-electron chi connectivity index (χ0n) is 11.8. The van der Waals surface area contributed by atoms with Crippen molar-refractivity contribution in [2.45, 2.75) is 39.2 Å². The molecule has 104 valence electrons. The first-order valence-corrected chi connectivity index (χ1v) is 6.99. The first-order valence-electron chi connectivity index (χ1n) is 6.99. The summed E-state index contributed by atoms with van der Waals surface area (Å²) in [6, 6.07) is 10.1. The monoisotopic (exact) mass is 261 g/mol. The van der Waals surface area contributed by atoms with Gasteiger partial charge >= 0.3 is 0 Å². The molecule has 19 heavy (non-hydrogen) atoms. The van der Waals surface area contributed by atoms with E-state index < -0.39 is 6.10 Å². The maximum atomic E-state index is 12.1. The number of β-amino-alcohol motifs (C(OH)–C–C–N with tert-alkyl or cyclic N) is 1. The lowest BCUT2D eigenvalue weighted by Gasteiger charge is -2.41. The van der Waals surface area contributed by atoms with E-state index in [0.29, 0.717) is 13.0 Å². The fourth-order valence-corrected chi connectivity index (χ4v) is 2.42. The molecule has 0 bridgehead atoms. The molecule has 1 aromatic carbocycles. The van der Waals surface area contributed by atoms with Crippen molar-refractivity contribution in [3.8, 4) is 0 Å². The largest absolute Gasteiger partial charge is 0.391 e. The number of likely N-dealkylation sites (tertiary alicyclic amines) is 1. The van der Waals surface area contributed by atoms with E-state index in [2.05, 4.69) is 13.8 Å². The van der Waals surface area contributed by atoms with Crippen LogP contribution in [0.2, 0.25) is 0 Å². The van der Waals surface area contributed by atoms with Crippen molar-refractivity contribution in [3.63, 3.8) is 0 Å². The molecule has 0 radical (unpaired) electrons. The SMILES string of the molecule is CC1(C)CCN(C(=O)CCc2ccccc2)CC1O. The van der Waals surface area contributed by atoms with Crippen LogP contribution >= 0.6 is 0 Å². The third kappa shape index (κ3) is 3.57. The second-order valence-corrected chi connectivity index (χ2v) is 6.08. The lowest BCUT2D eigenvalue weighted by Crippen LogP contribution is -2.50. The highest BCUT2D eigenvalue weighted by molar-refractivity contribution is 5.76. The number of carbonyl (C=O) groups is 1. The van der Waals surface area contributed by atoms with Gasteiger partial charge in [-0.15, -0.1) is 0 Å². The summed E-state index contributed by atoms with van der Waals surface area (Å²) >= 11 is 0. The topological polar surface area (TPSA) is 40.5 Å². The van der Waals surface area contributed by atoms with E-state index in [1.165, 1.54) is 5.56 Å². The Morgan fingerprint density at radius 2 is 2.05 bits per heavy atom. The van der Waals surface area contributed by atoms with E-state index in [-0.39, 0.29) is 11.3 Å². The highest BCUT2D eigenvalue weighted by Gasteiger charge is 2.35. The van der Waals surface area contributed by atoms with Crippen LogP contribution in [0.25, 0.3) is 0 Å². The van der Waals surface area contributed by atoms with E-state index >= 15 is 0 Å². The number of carbonyl (C=O) groups excluding carboxylic acids is 1. The van der Waals surface area contributed by atoms with Crippen LogP contribution in [0.4, 0.5) is 0 Å². The Morgan fingerprint density at radius 3 is 2.68 bits per heavy atom. The van der Waals surface area contributed by atoms with Crippen molar-refractivity contribution >= 4 is 5.91 Å². The van der Waals surface area contributed by atoms with Gasteiger partial charge in [-0.25, -0.2) is 0 Å². The first kappa shape index (κ1) is 14.1. The number of aryl methyl sites for hydroxylation is 1. The Morgan fingerprint density at radius 1 is 1.37 bits per heavy atom. The van der Waals surface area contributed by atoms with E-state index in [1.807, 2.05) is 30.3 Å². The predicted molar refractivity (Wildman–Crippen MR) is 75.7 cm³/mol. The molecule has 1 unspecified atom stereocenters. The summed E-state index contributed by atoms with van der Waals surface area (Å²) in [6.07, 6.45) is 1.75. The highest BCUT2D eigenvalue weighted by Crippen LogP contribution is 2.30. The summed E-state index contributed by atoms with van der Waals surface area (Å²) in [5.74, 6) is 0.151. The minimum atomic E-state index is -0.415. The summed E-state index contributed by atoms with van der Waals surface area (Å²) in [5.41, 5.74) is 1.12. The number of aliphatic hydroxyl groups excluding tert-OH is 1. The van der Waals surface area contributed by atoms with Crippen LogP contribution in [-0.4, -0.2) is 35.1 Å². The second kappa shape index (κ2) is 5.74. The molecule has 0 spiro atoms. The van der Waals surface area contributed by atoms with E-state index in [4.69, 9.17) is 0 Å². The van der Waals surface area contributed by atoms with Gasteiger partial charge in [0.25, 0.3) is 0 Å². The maximum Gasteiger partial charge on any atom is 0.222 e. The van der Waals surface area contributed by atoms with Crippen molar-refractivity contribution in [1.29, 1.82) is 0 Å². The molecule has 0 saturated carbocycles. The molecule has 1 heterocycles. The predicted octanol–water partition coefficient (Wildman–Crippen LogP) is 2.24. The molecular formula is C16H23NO2. The molecule has 3 nitrogen and oxygen atoms in total. The maximum absolute atomic E-state index is 12.1. The zero-order valence-corrected chi connectivity index (χ0v) is 11.8. The Kier molecular flexibility index (Phi) is 4.25. The Balaban J connectivity index is 1.84. The van der Waals surface area contributed by atoms with Gasteiger partial charge in [-0.1, -0.05) is 44.2 Å². The van der Waals surface area contributed by atoms with Gasteiger partial charge in [0.05, 0.1) is 6.10 Å². The van der Waals surface area contributed by atoms with Gasteiger partial charge in [-0.05, 0) is 23.8 Å². The quantitative estimate of drug-likeness (QED) is 0.906. The van der Waals surface area contributed by atoms with Crippen molar-refractivity contribution in [2.24, 2.45) is 5.41 Å². The summed E-state index contributed by atoms with van der Waals surface area (Å²) in [6.45, 7) is 5.35. The Hall–Kier alpha value is -1.35. The van der Waals surface area contributed by atoms with Gasteiger partial charge in [0.1, 0.15) is 0 Å². The van der Waals surface area contributed by atoms with Crippen molar-refractivity contribution in [2.75, 3.05) is 13.1 Å². The lowest BCUT2D eigenvalue weighted by atomic mass is 9.80. The van der Waals surface area contributed by atoms with Crippen molar-refractivity contribution in [1.82, 2.24) is 4.90 Å². The number of nitrogens with zero attached hydrogens (tertiary/aromatic N) is 1. The summed E-state index contributed by atoms with van der Waals surface area (Å²) in [7, 11) is 0. The van der Waals surface area contributed by atoms with Crippen molar-refractivity contribution < 1.29 is 9.90 Å². The van der Waals surface area contributed by atoms with Gasteiger partial charge in [0.2, 0.25) is 5.91 Å². The van der Waals surface area contributed by atoms with Gasteiger partial charge in [0, 0.05) is 19.5 Å². The molecule has 1 aliphatic rings. The third-order valence-electron chi connectivity index (χ3n) is 4.14. The fraction of sp³-hybridized carbons (Fsp3) is 0.562. The molecular weight excluding hydrogens is 238 g/mol. The number of amides is 1. The minimum absolute atomic E-state index is 0.0732. The van der Waals surface area contributed by atoms with Crippen molar-refractivity contribution in [3.05, 3.63) is 35.9 Å². The molecule has 1 aromatic rings. The van der Waals surface area contributed by atoms with Gasteiger partial charge in [0.15, 0.2) is 0 Å². The second-order valence-electron chi connectivity index (χ2n) is 6.08. The number of rotatable bonds is 3. The molecule has 1 amide bonds. The number of benzene rings is 1. The van der Waals surface area contributed by atoms with Gasteiger partial charge < -0.3 is 10.0 Å². The van der Waals surface area contributed by atoms with Crippen LogP contribution in [0, 0.1) is 5.41 Å². The molecule has 0 aliphatic carbocycles. The molecule has 1 atom stereocenters. The third-order valence-corrected chi connectivity index (χ3v) is 4.14. The molecule has 1 aliphatic heterocycles. The molecule has 1 N–H and O–H groups in total. The minimum Gasteiger partial charge on any atom is -0.391 e. The summed E-state index contributed by atoms with van der Waals surface area (Å²) in [5, 5.41) is 10.0. The zero-order chi connectivity index (χ0) is 13.9. The molecule has 2 rings (SSSR count). The van der Waals surface area contributed by atoms with E-state index in [1.54, 1.807) is 4.90 Å². The Labute approximate surface area is 115 Å². The van der Waals surface area contributed by atoms with Crippen LogP contribution in [0.5, 0.6) is 0 Å². The van der Waals surface area contributed by atoms with Crippen LogP contribution in [0.15, 0.2) is 30.3 Å². The average molecular weight is 261 g/mol. The highest BCUT2D eigenvalue weighted by atomic mass is 16.3. The average Bonchev–Trinajstić information content (AvgIpc) is 2.40. The molecule has 0 aromatic heterocycles. The molecule has 3 heteroatoms. The summed E-state index contributed by atoms with van der Waals surface area (Å²) in [4.78, 5) is 13.9. The van der Waals surface area contributed by atoms with Crippen LogP contribution in [0.3, 0.4) is 0 Å². The normalized spacial score (nSPS) is 22.3. The van der Waals surface area contributed by atoms with Crippen LogP contribution in [0.1, 0.15) is 32.3 Å². The number of hydrogen-bond donors (Lipinski definition) is 1.